The molecule has 1 fully saturated rings. The lowest BCUT2D eigenvalue weighted by atomic mass is 10.3. The van der Waals surface area contributed by atoms with Gasteiger partial charge in [0.25, 0.3) is 0 Å². The molecule has 90 valence electrons. The largest absolute Gasteiger partial charge is 0.401 e. The van der Waals surface area contributed by atoms with Gasteiger partial charge in [-0.15, -0.1) is 0 Å². The van der Waals surface area contributed by atoms with E-state index in [9.17, 15) is 13.2 Å². The van der Waals surface area contributed by atoms with Gasteiger partial charge in [0.1, 0.15) is 0 Å². The summed E-state index contributed by atoms with van der Waals surface area (Å²) in [7, 11) is 0. The van der Waals surface area contributed by atoms with Crippen LogP contribution in [0, 0.1) is 0 Å². The van der Waals surface area contributed by atoms with Gasteiger partial charge in [0.2, 0.25) is 0 Å². The maximum Gasteiger partial charge on any atom is 0.401 e. The minimum absolute atomic E-state index is 0.541. The van der Waals surface area contributed by atoms with Gasteiger partial charge in [0.15, 0.2) is 0 Å². The molecule has 0 spiro atoms. The number of halogens is 3. The first-order chi connectivity index (χ1) is 7.01. The van der Waals surface area contributed by atoms with Gasteiger partial charge in [-0.3, -0.25) is 4.90 Å². The summed E-state index contributed by atoms with van der Waals surface area (Å²) >= 11 is 0. The summed E-state index contributed by atoms with van der Waals surface area (Å²) in [6, 6.07) is 0. The van der Waals surface area contributed by atoms with Crippen molar-refractivity contribution in [3.63, 3.8) is 0 Å². The molecule has 0 N–H and O–H groups in total. The van der Waals surface area contributed by atoms with E-state index in [1.165, 1.54) is 4.90 Å². The predicted octanol–water partition coefficient (Wildman–Crippen LogP) is 1.97. The smallest absolute Gasteiger partial charge is 0.302 e. The van der Waals surface area contributed by atoms with E-state index in [1.807, 2.05) is 0 Å². The van der Waals surface area contributed by atoms with Crippen LogP contribution in [0.4, 0.5) is 13.2 Å². The molecule has 1 saturated heterocycles. The number of alkyl halides is 3. The molecule has 0 aromatic carbocycles. The van der Waals surface area contributed by atoms with Crippen LogP contribution >= 0.6 is 0 Å². The van der Waals surface area contributed by atoms with E-state index < -0.39 is 12.7 Å². The Morgan fingerprint density at radius 2 is 1.60 bits per heavy atom. The first-order valence-electron chi connectivity index (χ1n) is 5.52. The lowest BCUT2D eigenvalue weighted by Crippen LogP contribution is -2.37. The van der Waals surface area contributed by atoms with Crippen LogP contribution in [0.3, 0.4) is 0 Å². The molecule has 1 aliphatic heterocycles. The van der Waals surface area contributed by atoms with Gasteiger partial charge in [-0.2, -0.15) is 13.2 Å². The minimum atomic E-state index is -4.06. The van der Waals surface area contributed by atoms with Crippen molar-refractivity contribution in [2.24, 2.45) is 0 Å². The summed E-state index contributed by atoms with van der Waals surface area (Å²) in [4.78, 5) is 3.76. The fourth-order valence-corrected chi connectivity index (χ4v) is 1.98. The van der Waals surface area contributed by atoms with Crippen LogP contribution in [0.25, 0.3) is 0 Å². The molecule has 0 aliphatic carbocycles. The van der Waals surface area contributed by atoms with Crippen LogP contribution in [0.1, 0.15) is 19.8 Å². The molecule has 0 radical (unpaired) electrons. The van der Waals surface area contributed by atoms with Crippen molar-refractivity contribution in [3.05, 3.63) is 0 Å². The number of nitrogens with zero attached hydrogens (tertiary/aromatic N) is 2. The molecule has 0 amide bonds. The van der Waals surface area contributed by atoms with Crippen LogP contribution in [-0.2, 0) is 0 Å². The topological polar surface area (TPSA) is 6.48 Å². The van der Waals surface area contributed by atoms with E-state index in [2.05, 4.69) is 11.8 Å². The Balaban J connectivity index is 2.32. The fraction of sp³-hybridized carbons (Fsp3) is 1.00. The van der Waals surface area contributed by atoms with E-state index in [4.69, 9.17) is 0 Å². The zero-order valence-electron chi connectivity index (χ0n) is 9.19. The van der Waals surface area contributed by atoms with E-state index in [0.717, 1.165) is 32.5 Å². The number of hydrogen-bond acceptors (Lipinski definition) is 2. The zero-order valence-corrected chi connectivity index (χ0v) is 9.19. The van der Waals surface area contributed by atoms with Gasteiger partial charge in [-0.1, -0.05) is 6.92 Å². The number of rotatable bonds is 3. The van der Waals surface area contributed by atoms with Gasteiger partial charge < -0.3 is 4.90 Å². The molecule has 15 heavy (non-hydrogen) atoms. The Kier molecular flexibility index (Phi) is 4.86. The van der Waals surface area contributed by atoms with Crippen LogP contribution in [0.5, 0.6) is 0 Å². The molecular formula is C10H19F3N2. The van der Waals surface area contributed by atoms with Gasteiger partial charge in [-0.05, 0) is 32.5 Å². The van der Waals surface area contributed by atoms with Crippen molar-refractivity contribution >= 4 is 0 Å². The molecule has 5 heteroatoms. The molecule has 1 heterocycles. The highest BCUT2D eigenvalue weighted by Gasteiger charge is 2.31. The van der Waals surface area contributed by atoms with Gasteiger partial charge >= 0.3 is 6.18 Å². The Morgan fingerprint density at radius 1 is 1.00 bits per heavy atom. The normalized spacial score (nSPS) is 21.6. The van der Waals surface area contributed by atoms with Gasteiger partial charge in [0.05, 0.1) is 6.54 Å². The Labute approximate surface area is 89.0 Å². The highest BCUT2D eigenvalue weighted by molar-refractivity contribution is 4.71. The molecule has 0 aromatic heterocycles. The first kappa shape index (κ1) is 12.8. The average molecular weight is 224 g/mol. The maximum absolute atomic E-state index is 12.2. The second-order valence-electron chi connectivity index (χ2n) is 4.09. The summed E-state index contributed by atoms with van der Waals surface area (Å²) < 4.78 is 36.5. The number of hydrogen-bond donors (Lipinski definition) is 0. The summed E-state index contributed by atoms with van der Waals surface area (Å²) in [5.74, 6) is 0. The monoisotopic (exact) mass is 224 g/mol. The quantitative estimate of drug-likeness (QED) is 0.723. The van der Waals surface area contributed by atoms with Crippen molar-refractivity contribution in [1.29, 1.82) is 0 Å². The third-order valence-electron chi connectivity index (χ3n) is 2.62. The average Bonchev–Trinajstić information content (AvgIpc) is 2.29. The minimum Gasteiger partial charge on any atom is -0.302 e. The summed E-state index contributed by atoms with van der Waals surface area (Å²) in [6.07, 6.45) is -2.14. The fourth-order valence-electron chi connectivity index (χ4n) is 1.98. The molecule has 1 rings (SSSR count). The Morgan fingerprint density at radius 3 is 2.20 bits per heavy atom. The SMILES string of the molecule is CCCN1CCCN(CC(F)(F)F)CC1. The maximum atomic E-state index is 12.2. The third-order valence-corrected chi connectivity index (χ3v) is 2.62. The second-order valence-corrected chi connectivity index (χ2v) is 4.09. The lowest BCUT2D eigenvalue weighted by Gasteiger charge is -2.22. The van der Waals surface area contributed by atoms with E-state index >= 15 is 0 Å². The van der Waals surface area contributed by atoms with Crippen LogP contribution in [0.15, 0.2) is 0 Å². The third kappa shape index (κ3) is 5.37. The lowest BCUT2D eigenvalue weighted by molar-refractivity contribution is -0.145. The van der Waals surface area contributed by atoms with Crippen LogP contribution in [0.2, 0.25) is 0 Å². The first-order valence-corrected chi connectivity index (χ1v) is 5.52. The van der Waals surface area contributed by atoms with Crippen molar-refractivity contribution in [2.75, 3.05) is 39.3 Å². The van der Waals surface area contributed by atoms with Crippen molar-refractivity contribution in [2.45, 2.75) is 25.9 Å². The summed E-state index contributed by atoms with van der Waals surface area (Å²) in [5, 5.41) is 0. The van der Waals surface area contributed by atoms with Crippen molar-refractivity contribution in [3.8, 4) is 0 Å². The molecule has 0 unspecified atom stereocenters. The van der Waals surface area contributed by atoms with E-state index in [0.29, 0.717) is 13.1 Å². The molecule has 2 nitrogen and oxygen atoms in total. The Hall–Kier alpha value is -0.290. The van der Waals surface area contributed by atoms with E-state index in [-0.39, 0.29) is 0 Å². The van der Waals surface area contributed by atoms with Gasteiger partial charge in [-0.25, -0.2) is 0 Å². The van der Waals surface area contributed by atoms with Crippen molar-refractivity contribution < 1.29 is 13.2 Å². The molecule has 0 saturated carbocycles. The standard InChI is InChI=1S/C10H19F3N2/c1-2-4-14-5-3-6-15(8-7-14)9-10(11,12)13/h2-9H2,1H3. The molecule has 0 atom stereocenters. The van der Waals surface area contributed by atoms with Crippen LogP contribution in [-0.4, -0.2) is 55.2 Å². The highest BCUT2D eigenvalue weighted by atomic mass is 19.4. The molecule has 0 bridgehead atoms. The summed E-state index contributed by atoms with van der Waals surface area (Å²) in [6.45, 7) is 5.15. The Bertz CT molecular complexity index is 182. The predicted molar refractivity (Wildman–Crippen MR) is 53.8 cm³/mol. The summed E-state index contributed by atoms with van der Waals surface area (Å²) in [5.41, 5.74) is 0. The zero-order chi connectivity index (χ0) is 11.3. The van der Waals surface area contributed by atoms with Crippen LogP contribution < -0.4 is 0 Å². The van der Waals surface area contributed by atoms with E-state index in [1.54, 1.807) is 0 Å². The highest BCUT2D eigenvalue weighted by Crippen LogP contribution is 2.17. The van der Waals surface area contributed by atoms with Crippen molar-refractivity contribution in [1.82, 2.24) is 9.80 Å². The second kappa shape index (κ2) is 5.70. The molecule has 1 aliphatic rings. The molecular weight excluding hydrogens is 205 g/mol. The van der Waals surface area contributed by atoms with Gasteiger partial charge in [0, 0.05) is 13.1 Å². The molecule has 0 aromatic rings.